The minimum atomic E-state index is -0.352. The Balaban J connectivity index is 3.01. The highest BCUT2D eigenvalue weighted by atomic mass is 79.9. The van der Waals surface area contributed by atoms with Crippen molar-refractivity contribution in [3.8, 4) is 0 Å². The lowest BCUT2D eigenvalue weighted by atomic mass is 10.2. The second-order valence-corrected chi connectivity index (χ2v) is 4.01. The highest BCUT2D eigenvalue weighted by Gasteiger charge is 2.08. The summed E-state index contributed by atoms with van der Waals surface area (Å²) in [5, 5.41) is 0.852. The van der Waals surface area contributed by atoms with Crippen LogP contribution in [-0.4, -0.2) is 4.57 Å². The molecule has 4 heteroatoms. The highest BCUT2D eigenvalue weighted by Crippen LogP contribution is 2.25. The first-order chi connectivity index (χ1) is 7.15. The van der Waals surface area contributed by atoms with Crippen LogP contribution in [0.2, 0.25) is 0 Å². The van der Waals surface area contributed by atoms with Crippen molar-refractivity contribution in [2.45, 2.75) is 13.5 Å². The standard InChI is InChI=1S/C11H9BrFNO/c1-2-14-9(15)6-4-7-3-5-8(13)10(12)11(7)14/h3-6H,2H2,1H3. The molecule has 0 atom stereocenters. The molecule has 0 aliphatic rings. The fraction of sp³-hybridized carbons (Fsp3) is 0.182. The van der Waals surface area contributed by atoms with Crippen molar-refractivity contribution in [2.75, 3.05) is 0 Å². The molecule has 78 valence electrons. The SMILES string of the molecule is CCn1c(=O)ccc2ccc(F)c(Br)c21. The van der Waals surface area contributed by atoms with Gasteiger partial charge in [0.05, 0.1) is 9.99 Å². The Morgan fingerprint density at radius 1 is 1.33 bits per heavy atom. The third-order valence-electron chi connectivity index (χ3n) is 2.36. The second-order valence-electron chi connectivity index (χ2n) is 3.22. The van der Waals surface area contributed by atoms with Crippen LogP contribution >= 0.6 is 15.9 Å². The number of fused-ring (bicyclic) bond motifs is 1. The largest absolute Gasteiger partial charge is 0.307 e. The predicted octanol–water partition coefficient (Wildman–Crippen LogP) is 2.92. The van der Waals surface area contributed by atoms with Crippen molar-refractivity contribution in [3.05, 3.63) is 44.9 Å². The molecule has 2 rings (SSSR count). The molecular weight excluding hydrogens is 261 g/mol. The summed E-state index contributed by atoms with van der Waals surface area (Å²) < 4.78 is 15.2. The normalized spacial score (nSPS) is 10.9. The lowest BCUT2D eigenvalue weighted by Gasteiger charge is -2.09. The molecule has 0 aliphatic carbocycles. The van der Waals surface area contributed by atoms with Crippen LogP contribution in [-0.2, 0) is 6.54 Å². The highest BCUT2D eigenvalue weighted by molar-refractivity contribution is 9.10. The maximum atomic E-state index is 13.3. The summed E-state index contributed by atoms with van der Waals surface area (Å²) in [6, 6.07) is 6.25. The van der Waals surface area contributed by atoms with Gasteiger partial charge < -0.3 is 4.57 Å². The van der Waals surface area contributed by atoms with Gasteiger partial charge in [-0.25, -0.2) is 4.39 Å². The molecule has 0 amide bonds. The van der Waals surface area contributed by atoms with Crippen LogP contribution in [0.5, 0.6) is 0 Å². The maximum Gasteiger partial charge on any atom is 0.251 e. The van der Waals surface area contributed by atoms with Gasteiger partial charge in [0.15, 0.2) is 0 Å². The molecule has 0 aliphatic heterocycles. The zero-order valence-electron chi connectivity index (χ0n) is 8.13. The molecule has 0 bridgehead atoms. The number of aryl methyl sites for hydroxylation is 1. The van der Waals surface area contributed by atoms with Gasteiger partial charge in [-0.15, -0.1) is 0 Å². The Kier molecular flexibility index (Phi) is 2.61. The molecule has 0 saturated carbocycles. The monoisotopic (exact) mass is 269 g/mol. The molecule has 0 radical (unpaired) electrons. The van der Waals surface area contributed by atoms with Crippen LogP contribution in [0.3, 0.4) is 0 Å². The van der Waals surface area contributed by atoms with Crippen LogP contribution in [0.15, 0.2) is 33.5 Å². The van der Waals surface area contributed by atoms with Crippen LogP contribution in [0.25, 0.3) is 10.9 Å². The molecule has 0 fully saturated rings. The van der Waals surface area contributed by atoms with E-state index in [1.807, 2.05) is 6.92 Å². The Labute approximate surface area is 94.5 Å². The summed E-state index contributed by atoms with van der Waals surface area (Å²) in [5.74, 6) is -0.352. The molecule has 2 aromatic rings. The Morgan fingerprint density at radius 2 is 2.00 bits per heavy atom. The zero-order chi connectivity index (χ0) is 11.0. The molecule has 0 spiro atoms. The molecule has 2 nitrogen and oxygen atoms in total. The summed E-state index contributed by atoms with van der Waals surface area (Å²) in [6.07, 6.45) is 0. The molecule has 1 heterocycles. The first-order valence-corrected chi connectivity index (χ1v) is 5.42. The van der Waals surface area contributed by atoms with Crippen molar-refractivity contribution >= 4 is 26.8 Å². The van der Waals surface area contributed by atoms with E-state index in [1.165, 1.54) is 12.1 Å². The fourth-order valence-electron chi connectivity index (χ4n) is 1.64. The van der Waals surface area contributed by atoms with E-state index in [2.05, 4.69) is 15.9 Å². The van der Waals surface area contributed by atoms with E-state index in [0.29, 0.717) is 16.5 Å². The van der Waals surface area contributed by atoms with E-state index in [4.69, 9.17) is 0 Å². The van der Waals surface area contributed by atoms with Crippen molar-refractivity contribution in [2.24, 2.45) is 0 Å². The van der Waals surface area contributed by atoms with E-state index in [0.717, 1.165) is 5.39 Å². The van der Waals surface area contributed by atoms with Gasteiger partial charge in [0.1, 0.15) is 5.82 Å². The Morgan fingerprint density at radius 3 is 2.67 bits per heavy atom. The van der Waals surface area contributed by atoms with E-state index < -0.39 is 0 Å². The second kappa shape index (κ2) is 3.77. The third-order valence-corrected chi connectivity index (χ3v) is 3.11. The Hall–Kier alpha value is -1.16. The van der Waals surface area contributed by atoms with Crippen LogP contribution in [0.4, 0.5) is 4.39 Å². The minimum absolute atomic E-state index is 0.115. The number of halogens is 2. The average molecular weight is 270 g/mol. The smallest absolute Gasteiger partial charge is 0.251 e. The summed E-state index contributed by atoms with van der Waals surface area (Å²) in [6.45, 7) is 2.39. The number of benzene rings is 1. The van der Waals surface area contributed by atoms with Gasteiger partial charge in [-0.05, 0) is 46.4 Å². The lowest BCUT2D eigenvalue weighted by molar-refractivity contribution is 0.620. The fourth-order valence-corrected chi connectivity index (χ4v) is 2.21. The summed E-state index contributed by atoms with van der Waals surface area (Å²) in [5.41, 5.74) is 0.501. The quantitative estimate of drug-likeness (QED) is 0.780. The lowest BCUT2D eigenvalue weighted by Crippen LogP contribution is -2.18. The number of pyridine rings is 1. The van der Waals surface area contributed by atoms with Gasteiger partial charge in [0.25, 0.3) is 5.56 Å². The topological polar surface area (TPSA) is 22.0 Å². The molecule has 0 N–H and O–H groups in total. The predicted molar refractivity (Wildman–Crippen MR) is 61.5 cm³/mol. The summed E-state index contributed by atoms with van der Waals surface area (Å²) >= 11 is 3.17. The number of hydrogen-bond donors (Lipinski definition) is 0. The number of hydrogen-bond acceptors (Lipinski definition) is 1. The maximum absolute atomic E-state index is 13.3. The van der Waals surface area contributed by atoms with Crippen LogP contribution in [0, 0.1) is 5.82 Å². The molecule has 1 aromatic heterocycles. The van der Waals surface area contributed by atoms with E-state index in [9.17, 15) is 9.18 Å². The van der Waals surface area contributed by atoms with E-state index in [1.54, 1.807) is 16.7 Å². The summed E-state index contributed by atoms with van der Waals surface area (Å²) in [7, 11) is 0. The van der Waals surface area contributed by atoms with Crippen molar-refractivity contribution in [3.63, 3.8) is 0 Å². The minimum Gasteiger partial charge on any atom is -0.307 e. The Bertz CT molecular complexity index is 577. The third kappa shape index (κ3) is 1.59. The summed E-state index contributed by atoms with van der Waals surface area (Å²) in [4.78, 5) is 11.5. The van der Waals surface area contributed by atoms with E-state index in [-0.39, 0.29) is 11.4 Å². The van der Waals surface area contributed by atoms with Gasteiger partial charge in [-0.1, -0.05) is 0 Å². The van der Waals surface area contributed by atoms with Crippen LogP contribution < -0.4 is 5.56 Å². The first kappa shape index (κ1) is 10.4. The van der Waals surface area contributed by atoms with Crippen molar-refractivity contribution < 1.29 is 4.39 Å². The number of nitrogens with zero attached hydrogens (tertiary/aromatic N) is 1. The molecule has 1 aromatic carbocycles. The van der Waals surface area contributed by atoms with Crippen molar-refractivity contribution in [1.82, 2.24) is 4.57 Å². The molecular formula is C11H9BrFNO. The molecule has 15 heavy (non-hydrogen) atoms. The van der Waals surface area contributed by atoms with Gasteiger partial charge in [-0.3, -0.25) is 4.79 Å². The molecule has 0 saturated heterocycles. The first-order valence-electron chi connectivity index (χ1n) is 4.62. The van der Waals surface area contributed by atoms with Gasteiger partial charge >= 0.3 is 0 Å². The molecule has 0 unspecified atom stereocenters. The zero-order valence-corrected chi connectivity index (χ0v) is 9.71. The number of aromatic nitrogens is 1. The van der Waals surface area contributed by atoms with Gasteiger partial charge in [-0.2, -0.15) is 0 Å². The average Bonchev–Trinajstić information content (AvgIpc) is 2.24. The van der Waals surface area contributed by atoms with Gasteiger partial charge in [0, 0.05) is 12.6 Å². The van der Waals surface area contributed by atoms with Gasteiger partial charge in [0.2, 0.25) is 0 Å². The number of rotatable bonds is 1. The van der Waals surface area contributed by atoms with Crippen LogP contribution in [0.1, 0.15) is 6.92 Å². The van der Waals surface area contributed by atoms with E-state index >= 15 is 0 Å². The van der Waals surface area contributed by atoms with Crippen molar-refractivity contribution in [1.29, 1.82) is 0 Å².